The minimum absolute atomic E-state index is 0.0360. The van der Waals surface area contributed by atoms with Crippen molar-refractivity contribution >= 4 is 51.3 Å². The first kappa shape index (κ1) is 23.1. The molecule has 1 aromatic heterocycles. The fraction of sp³-hybridized carbons (Fsp3) is 0.160. The van der Waals surface area contributed by atoms with Crippen molar-refractivity contribution in [3.63, 3.8) is 0 Å². The molecule has 0 amide bonds. The number of carbonyl (C=O) groups is 1. The van der Waals surface area contributed by atoms with Gasteiger partial charge in [0.15, 0.2) is 5.76 Å². The number of aliphatic hydroxyl groups is 1. The second kappa shape index (κ2) is 9.85. The molecule has 4 rings (SSSR count). The quantitative estimate of drug-likeness (QED) is 0.280. The predicted octanol–water partition coefficient (Wildman–Crippen LogP) is 5.64. The van der Waals surface area contributed by atoms with Gasteiger partial charge in [-0.05, 0) is 53.6 Å². The molecule has 4 N–H and O–H groups in total. The van der Waals surface area contributed by atoms with E-state index in [1.807, 2.05) is 42.5 Å². The zero-order chi connectivity index (χ0) is 23.5. The van der Waals surface area contributed by atoms with Gasteiger partial charge in [-0.25, -0.2) is 0 Å². The molecule has 0 saturated carbocycles. The minimum atomic E-state index is -0.605. The molecule has 33 heavy (non-hydrogen) atoms. The number of nitrogen functional groups attached to an aromatic ring is 1. The highest BCUT2D eigenvalue weighted by Gasteiger charge is 2.22. The molecule has 8 heteroatoms. The zero-order valence-electron chi connectivity index (χ0n) is 17.8. The first-order valence-electron chi connectivity index (χ1n) is 10.2. The molecule has 0 bridgehead atoms. The fourth-order valence-electron chi connectivity index (χ4n) is 3.56. The van der Waals surface area contributed by atoms with Gasteiger partial charge >= 0.3 is 0 Å². The van der Waals surface area contributed by atoms with E-state index in [4.69, 9.17) is 38.1 Å². The van der Waals surface area contributed by atoms with Crippen molar-refractivity contribution in [2.45, 2.75) is 6.10 Å². The van der Waals surface area contributed by atoms with E-state index >= 15 is 0 Å². The summed E-state index contributed by atoms with van der Waals surface area (Å²) in [6, 6.07) is 18.0. The van der Waals surface area contributed by atoms with Crippen LogP contribution >= 0.6 is 23.2 Å². The number of anilines is 2. The number of furan rings is 1. The SMILES string of the molecule is COCC(O)CNc1cccc(-c2ccc3c(N)c(C(=O)c4ccc(Cl)cc4Cl)oc3c2)c1. The van der Waals surface area contributed by atoms with E-state index in [9.17, 15) is 9.90 Å². The van der Waals surface area contributed by atoms with Gasteiger partial charge < -0.3 is 25.3 Å². The first-order valence-corrected chi connectivity index (χ1v) is 11.0. The van der Waals surface area contributed by atoms with Crippen molar-refractivity contribution in [2.75, 3.05) is 31.3 Å². The molecule has 170 valence electrons. The lowest BCUT2D eigenvalue weighted by atomic mass is 10.0. The number of nitrogens with two attached hydrogens (primary N) is 1. The van der Waals surface area contributed by atoms with Crippen molar-refractivity contribution in [1.29, 1.82) is 0 Å². The van der Waals surface area contributed by atoms with Gasteiger partial charge in [-0.15, -0.1) is 0 Å². The molecule has 0 aliphatic rings. The third-order valence-corrected chi connectivity index (χ3v) is 5.75. The van der Waals surface area contributed by atoms with Gasteiger partial charge in [-0.1, -0.05) is 41.4 Å². The molecule has 0 radical (unpaired) electrons. The van der Waals surface area contributed by atoms with Crippen LogP contribution in [-0.2, 0) is 4.74 Å². The van der Waals surface area contributed by atoms with E-state index < -0.39 is 11.9 Å². The Morgan fingerprint density at radius 1 is 1.12 bits per heavy atom. The molecule has 1 unspecified atom stereocenters. The Hall–Kier alpha value is -3.03. The molecule has 1 atom stereocenters. The summed E-state index contributed by atoms with van der Waals surface area (Å²) in [4.78, 5) is 13.0. The summed E-state index contributed by atoms with van der Waals surface area (Å²) in [5.41, 5.74) is 9.94. The van der Waals surface area contributed by atoms with Gasteiger partial charge in [0.25, 0.3) is 0 Å². The Balaban J connectivity index is 1.63. The van der Waals surface area contributed by atoms with Gasteiger partial charge in [-0.2, -0.15) is 0 Å². The van der Waals surface area contributed by atoms with Crippen LogP contribution in [0.3, 0.4) is 0 Å². The number of hydrogen-bond donors (Lipinski definition) is 3. The van der Waals surface area contributed by atoms with E-state index in [2.05, 4.69) is 5.32 Å². The minimum Gasteiger partial charge on any atom is -0.450 e. The Kier molecular flexibility index (Phi) is 6.91. The van der Waals surface area contributed by atoms with Crippen molar-refractivity contribution in [3.8, 4) is 11.1 Å². The maximum absolute atomic E-state index is 13.0. The molecule has 4 aromatic rings. The van der Waals surface area contributed by atoms with Gasteiger partial charge in [-0.3, -0.25) is 4.79 Å². The first-order chi connectivity index (χ1) is 15.9. The van der Waals surface area contributed by atoms with E-state index in [0.29, 0.717) is 22.5 Å². The van der Waals surface area contributed by atoms with Crippen LogP contribution in [0.15, 0.2) is 65.1 Å². The molecular weight excluding hydrogens is 463 g/mol. The highest BCUT2D eigenvalue weighted by Crippen LogP contribution is 2.35. The second-order valence-corrected chi connectivity index (χ2v) is 8.42. The standard InChI is InChI=1S/C25H22Cl2N2O4/c1-32-13-18(30)12-29-17-4-2-3-14(9-17)15-5-7-20-22(10-15)33-25(23(20)28)24(31)19-8-6-16(26)11-21(19)27/h2-11,18,29-30H,12-13,28H2,1H3. The maximum Gasteiger partial charge on any atom is 0.231 e. The number of ether oxygens (including phenoxy) is 1. The van der Waals surface area contributed by atoms with Crippen LogP contribution in [0, 0.1) is 0 Å². The number of nitrogens with one attached hydrogen (secondary N) is 1. The monoisotopic (exact) mass is 484 g/mol. The van der Waals surface area contributed by atoms with Gasteiger partial charge in [0.1, 0.15) is 5.58 Å². The van der Waals surface area contributed by atoms with Crippen LogP contribution < -0.4 is 11.1 Å². The summed E-state index contributed by atoms with van der Waals surface area (Å²) in [6.07, 6.45) is -0.605. The number of fused-ring (bicyclic) bond motifs is 1. The summed E-state index contributed by atoms with van der Waals surface area (Å²) in [5, 5.41) is 14.3. The third-order valence-electron chi connectivity index (χ3n) is 5.21. The summed E-state index contributed by atoms with van der Waals surface area (Å²) in [6.45, 7) is 0.620. The highest BCUT2D eigenvalue weighted by atomic mass is 35.5. The second-order valence-electron chi connectivity index (χ2n) is 7.58. The number of rotatable bonds is 8. The number of ketones is 1. The Bertz CT molecular complexity index is 1320. The summed E-state index contributed by atoms with van der Waals surface area (Å²) in [5.74, 6) is -0.373. The van der Waals surface area contributed by atoms with Gasteiger partial charge in [0, 0.05) is 35.3 Å². The Morgan fingerprint density at radius 3 is 2.67 bits per heavy atom. The lowest BCUT2D eigenvalue weighted by Gasteiger charge is -2.12. The van der Waals surface area contributed by atoms with Crippen LogP contribution in [0.2, 0.25) is 10.0 Å². The van der Waals surface area contributed by atoms with Crippen LogP contribution in [-0.4, -0.2) is 37.3 Å². The maximum atomic E-state index is 13.0. The largest absolute Gasteiger partial charge is 0.450 e. The smallest absolute Gasteiger partial charge is 0.231 e. The van der Waals surface area contributed by atoms with Crippen molar-refractivity contribution in [3.05, 3.63) is 82.0 Å². The molecule has 1 heterocycles. The van der Waals surface area contributed by atoms with Crippen LogP contribution in [0.25, 0.3) is 22.1 Å². The van der Waals surface area contributed by atoms with Crippen molar-refractivity contribution in [1.82, 2.24) is 0 Å². The van der Waals surface area contributed by atoms with Crippen molar-refractivity contribution in [2.24, 2.45) is 0 Å². The lowest BCUT2D eigenvalue weighted by Crippen LogP contribution is -2.24. The molecule has 0 aliphatic heterocycles. The average molecular weight is 485 g/mol. The Morgan fingerprint density at radius 2 is 1.91 bits per heavy atom. The molecule has 6 nitrogen and oxygen atoms in total. The van der Waals surface area contributed by atoms with E-state index in [-0.39, 0.29) is 28.6 Å². The third kappa shape index (κ3) is 4.99. The number of halogens is 2. The number of hydrogen-bond acceptors (Lipinski definition) is 6. The van der Waals surface area contributed by atoms with Crippen LogP contribution in [0.5, 0.6) is 0 Å². The lowest BCUT2D eigenvalue weighted by molar-refractivity contribution is 0.0727. The van der Waals surface area contributed by atoms with Crippen LogP contribution in [0.4, 0.5) is 11.4 Å². The number of methoxy groups -OCH3 is 1. The molecule has 0 aliphatic carbocycles. The number of benzene rings is 3. The Labute approximate surface area is 200 Å². The molecule has 0 saturated heterocycles. The number of carbonyl (C=O) groups excluding carboxylic acids is 1. The van der Waals surface area contributed by atoms with E-state index in [1.54, 1.807) is 19.2 Å². The highest BCUT2D eigenvalue weighted by molar-refractivity contribution is 6.37. The zero-order valence-corrected chi connectivity index (χ0v) is 19.3. The van der Waals surface area contributed by atoms with Crippen LogP contribution in [0.1, 0.15) is 16.1 Å². The molecular formula is C25H22Cl2N2O4. The van der Waals surface area contributed by atoms with Gasteiger partial charge in [0.05, 0.1) is 23.4 Å². The molecule has 0 spiro atoms. The normalized spacial score (nSPS) is 12.1. The summed E-state index contributed by atoms with van der Waals surface area (Å²) >= 11 is 12.1. The predicted molar refractivity (Wildman–Crippen MR) is 132 cm³/mol. The fourth-order valence-corrected chi connectivity index (χ4v) is 4.05. The topological polar surface area (TPSA) is 97.7 Å². The van der Waals surface area contributed by atoms with Gasteiger partial charge in [0.2, 0.25) is 5.78 Å². The molecule has 0 fully saturated rings. The summed E-state index contributed by atoms with van der Waals surface area (Å²) < 4.78 is 10.8. The average Bonchev–Trinajstić information content (AvgIpc) is 3.13. The number of aliphatic hydroxyl groups excluding tert-OH is 1. The molecule has 3 aromatic carbocycles. The summed E-state index contributed by atoms with van der Waals surface area (Å²) in [7, 11) is 1.55. The van der Waals surface area contributed by atoms with E-state index in [1.165, 1.54) is 6.07 Å². The van der Waals surface area contributed by atoms with Crippen molar-refractivity contribution < 1.29 is 19.1 Å². The van der Waals surface area contributed by atoms with E-state index in [0.717, 1.165) is 16.8 Å².